The van der Waals surface area contributed by atoms with E-state index in [1.165, 1.54) is 19.5 Å². The van der Waals surface area contributed by atoms with Crippen LogP contribution < -0.4 is 11.1 Å². The largest absolute Gasteiger partial charge is 0.450 e. The van der Waals surface area contributed by atoms with E-state index < -0.39 is 0 Å². The molecule has 0 aliphatic carbocycles. The van der Waals surface area contributed by atoms with Crippen LogP contribution >= 0.6 is 24.0 Å². The number of amides is 1. The van der Waals surface area contributed by atoms with Gasteiger partial charge in [-0.15, -0.1) is 24.0 Å². The van der Waals surface area contributed by atoms with Crippen molar-refractivity contribution >= 4 is 36.0 Å². The number of halogens is 1. The van der Waals surface area contributed by atoms with E-state index in [0.29, 0.717) is 25.7 Å². The first-order valence-corrected chi connectivity index (χ1v) is 10.2. The maximum absolute atomic E-state index is 11.7. The number of nitrogens with two attached hydrogens (primary N) is 1. The van der Waals surface area contributed by atoms with Crippen molar-refractivity contribution in [3.8, 4) is 0 Å². The van der Waals surface area contributed by atoms with Crippen LogP contribution in [0.5, 0.6) is 0 Å². The van der Waals surface area contributed by atoms with E-state index in [1.807, 2.05) is 6.92 Å². The normalized spacial score (nSPS) is 25.0. The molecule has 2 rings (SSSR count). The maximum atomic E-state index is 11.7. The summed E-state index contributed by atoms with van der Waals surface area (Å²) in [6.45, 7) is 12.6. The van der Waals surface area contributed by atoms with Crippen LogP contribution in [0, 0.1) is 11.8 Å². The molecule has 27 heavy (non-hydrogen) atoms. The SMILES string of the molecule is CCOC(=O)N1CCC(NC(N)=NCCCN2CC(C)CC(C)C2)CC1.I. The zero-order chi connectivity index (χ0) is 18.9. The molecule has 158 valence electrons. The molecule has 2 atom stereocenters. The van der Waals surface area contributed by atoms with Gasteiger partial charge in [0.1, 0.15) is 0 Å². The molecule has 2 heterocycles. The van der Waals surface area contributed by atoms with Gasteiger partial charge in [0.15, 0.2) is 5.96 Å². The molecule has 7 nitrogen and oxygen atoms in total. The zero-order valence-corrected chi connectivity index (χ0v) is 19.5. The number of rotatable bonds is 6. The third-order valence-corrected chi connectivity index (χ3v) is 5.23. The summed E-state index contributed by atoms with van der Waals surface area (Å²) in [5.41, 5.74) is 6.03. The van der Waals surface area contributed by atoms with E-state index >= 15 is 0 Å². The third-order valence-electron chi connectivity index (χ3n) is 5.23. The van der Waals surface area contributed by atoms with Crippen molar-refractivity contribution in [3.05, 3.63) is 0 Å². The summed E-state index contributed by atoms with van der Waals surface area (Å²) in [5, 5.41) is 3.30. The number of hydrogen-bond donors (Lipinski definition) is 2. The molecule has 2 saturated heterocycles. The number of piperidine rings is 2. The smallest absolute Gasteiger partial charge is 0.409 e. The van der Waals surface area contributed by atoms with Crippen molar-refractivity contribution in [1.82, 2.24) is 15.1 Å². The van der Waals surface area contributed by atoms with Crippen LogP contribution in [0.15, 0.2) is 4.99 Å². The van der Waals surface area contributed by atoms with Crippen molar-refractivity contribution in [2.45, 2.75) is 52.5 Å². The molecule has 1 amide bonds. The molecule has 2 fully saturated rings. The minimum absolute atomic E-state index is 0. The average molecular weight is 495 g/mol. The fraction of sp³-hybridized carbons (Fsp3) is 0.895. The van der Waals surface area contributed by atoms with Crippen LogP contribution in [0.2, 0.25) is 0 Å². The molecule has 0 bridgehead atoms. The number of ether oxygens (including phenoxy) is 1. The number of likely N-dealkylation sites (tertiary alicyclic amines) is 2. The lowest BCUT2D eigenvalue weighted by atomic mass is 9.92. The van der Waals surface area contributed by atoms with E-state index in [1.54, 1.807) is 4.90 Å². The van der Waals surface area contributed by atoms with Gasteiger partial charge in [-0.2, -0.15) is 0 Å². The van der Waals surface area contributed by atoms with Gasteiger partial charge in [-0.1, -0.05) is 13.8 Å². The van der Waals surface area contributed by atoms with E-state index in [4.69, 9.17) is 10.5 Å². The number of hydrogen-bond acceptors (Lipinski definition) is 4. The maximum Gasteiger partial charge on any atom is 0.409 e. The van der Waals surface area contributed by atoms with Crippen molar-refractivity contribution < 1.29 is 9.53 Å². The Kier molecular flexibility index (Phi) is 11.4. The molecule has 3 N–H and O–H groups in total. The van der Waals surface area contributed by atoms with Crippen molar-refractivity contribution in [1.29, 1.82) is 0 Å². The fourth-order valence-corrected chi connectivity index (χ4v) is 4.14. The first-order valence-electron chi connectivity index (χ1n) is 10.2. The summed E-state index contributed by atoms with van der Waals surface area (Å²) in [4.78, 5) is 20.5. The summed E-state index contributed by atoms with van der Waals surface area (Å²) in [7, 11) is 0. The molecule has 2 aliphatic rings. The molecule has 0 saturated carbocycles. The van der Waals surface area contributed by atoms with Gasteiger partial charge < -0.3 is 25.6 Å². The summed E-state index contributed by atoms with van der Waals surface area (Å²) in [6.07, 6.45) is 3.93. The van der Waals surface area contributed by atoms with Gasteiger partial charge in [0, 0.05) is 38.8 Å². The van der Waals surface area contributed by atoms with E-state index in [2.05, 4.69) is 29.1 Å². The lowest BCUT2D eigenvalue weighted by Crippen LogP contribution is -2.48. The molecule has 0 aromatic carbocycles. The number of carbonyl (C=O) groups is 1. The second-order valence-electron chi connectivity index (χ2n) is 7.93. The quantitative estimate of drug-likeness (QED) is 0.256. The molecular weight excluding hydrogens is 457 g/mol. The standard InChI is InChI=1S/C19H37N5O2.HI/c1-4-26-19(25)24-10-6-17(7-11-24)22-18(20)21-8-5-9-23-13-15(2)12-16(3)14-23;/h15-17H,4-14H2,1-3H3,(H3,20,21,22);1H. The van der Waals surface area contributed by atoms with Crippen LogP contribution in [0.1, 0.15) is 46.5 Å². The highest BCUT2D eigenvalue weighted by Crippen LogP contribution is 2.20. The third kappa shape index (κ3) is 8.85. The highest BCUT2D eigenvalue weighted by Gasteiger charge is 2.24. The van der Waals surface area contributed by atoms with Crippen LogP contribution in [0.25, 0.3) is 0 Å². The Morgan fingerprint density at radius 3 is 2.44 bits per heavy atom. The van der Waals surface area contributed by atoms with Gasteiger partial charge in [0.2, 0.25) is 0 Å². The first kappa shape index (κ1) is 24.3. The molecular formula is C19H38IN5O2. The number of nitrogens with one attached hydrogen (secondary N) is 1. The molecule has 0 radical (unpaired) electrons. The zero-order valence-electron chi connectivity index (χ0n) is 17.2. The molecule has 0 aromatic heterocycles. The van der Waals surface area contributed by atoms with Gasteiger partial charge in [-0.25, -0.2) is 4.79 Å². The lowest BCUT2D eigenvalue weighted by molar-refractivity contribution is 0.0963. The first-order chi connectivity index (χ1) is 12.5. The van der Waals surface area contributed by atoms with Gasteiger partial charge in [-0.05, 0) is 51.0 Å². The Labute approximate surface area is 181 Å². The van der Waals surface area contributed by atoms with E-state index in [9.17, 15) is 4.79 Å². The van der Waals surface area contributed by atoms with Crippen molar-refractivity contribution in [2.75, 3.05) is 45.9 Å². The highest BCUT2D eigenvalue weighted by molar-refractivity contribution is 14.0. The second-order valence-corrected chi connectivity index (χ2v) is 7.93. The summed E-state index contributed by atoms with van der Waals surface area (Å²) >= 11 is 0. The fourth-order valence-electron chi connectivity index (χ4n) is 4.14. The van der Waals surface area contributed by atoms with E-state index in [-0.39, 0.29) is 36.1 Å². The predicted molar refractivity (Wildman–Crippen MR) is 121 cm³/mol. The van der Waals surface area contributed by atoms with Crippen molar-refractivity contribution in [2.24, 2.45) is 22.6 Å². The van der Waals surface area contributed by atoms with Crippen molar-refractivity contribution in [3.63, 3.8) is 0 Å². The predicted octanol–water partition coefficient (Wildman–Crippen LogP) is 2.50. The molecule has 8 heteroatoms. The van der Waals surface area contributed by atoms with E-state index in [0.717, 1.165) is 44.2 Å². The number of carbonyl (C=O) groups excluding carboxylic acids is 1. The number of guanidine groups is 1. The number of nitrogens with zero attached hydrogens (tertiary/aromatic N) is 3. The Morgan fingerprint density at radius 1 is 1.22 bits per heavy atom. The Morgan fingerprint density at radius 2 is 1.85 bits per heavy atom. The second kappa shape index (κ2) is 12.6. The Hall–Kier alpha value is -0.770. The summed E-state index contributed by atoms with van der Waals surface area (Å²) in [5.74, 6) is 2.13. The van der Waals surface area contributed by atoms with Crippen LogP contribution in [-0.4, -0.2) is 73.8 Å². The molecule has 2 aliphatic heterocycles. The molecule has 0 spiro atoms. The van der Waals surface area contributed by atoms with Crippen LogP contribution in [-0.2, 0) is 4.74 Å². The van der Waals surface area contributed by atoms with Gasteiger partial charge in [0.25, 0.3) is 0 Å². The Balaban J connectivity index is 0.00000364. The highest BCUT2D eigenvalue weighted by atomic mass is 127. The monoisotopic (exact) mass is 495 g/mol. The average Bonchev–Trinajstić information content (AvgIpc) is 2.59. The summed E-state index contributed by atoms with van der Waals surface area (Å²) < 4.78 is 5.04. The van der Waals surface area contributed by atoms with Crippen LogP contribution in [0.3, 0.4) is 0 Å². The van der Waals surface area contributed by atoms with Crippen LogP contribution in [0.4, 0.5) is 4.79 Å². The van der Waals surface area contributed by atoms with Gasteiger partial charge in [0.05, 0.1) is 6.61 Å². The Bertz CT molecular complexity index is 459. The van der Waals surface area contributed by atoms with Gasteiger partial charge >= 0.3 is 6.09 Å². The van der Waals surface area contributed by atoms with Gasteiger partial charge in [-0.3, -0.25) is 4.99 Å². The topological polar surface area (TPSA) is 83.2 Å². The minimum atomic E-state index is -0.214. The molecule has 2 unspecified atom stereocenters. The summed E-state index contributed by atoms with van der Waals surface area (Å²) in [6, 6.07) is 0.285. The molecule has 0 aromatic rings. The lowest BCUT2D eigenvalue weighted by Gasteiger charge is -2.34. The minimum Gasteiger partial charge on any atom is -0.450 e. The number of aliphatic imine (C=N–C) groups is 1.